The molecule has 0 aliphatic heterocycles. The summed E-state index contributed by atoms with van der Waals surface area (Å²) in [7, 11) is 0. The van der Waals surface area contributed by atoms with E-state index >= 15 is 0 Å². The smallest absolute Gasteiger partial charge is 2.00 e. The molecule has 102 valence electrons. The van der Waals surface area contributed by atoms with Gasteiger partial charge in [-0.1, -0.05) is 0 Å². The molecule has 2 radical (unpaired) electrons. The largest absolute Gasteiger partial charge is 3.00 e. The summed E-state index contributed by atoms with van der Waals surface area (Å²) < 4.78 is 0. The molecule has 0 aromatic rings. The van der Waals surface area contributed by atoms with Gasteiger partial charge in [0.1, 0.15) is 0 Å². The summed E-state index contributed by atoms with van der Waals surface area (Å²) in [4.78, 5) is 0. The van der Waals surface area contributed by atoms with E-state index in [9.17, 15) is 0 Å². The summed E-state index contributed by atoms with van der Waals surface area (Å²) in [6.07, 6.45) is 0. The third kappa shape index (κ3) is 207. The maximum atomic E-state index is 0. The van der Waals surface area contributed by atoms with Gasteiger partial charge in [0.05, 0.1) is 0 Å². The van der Waals surface area contributed by atoms with Crippen LogP contribution in [0.1, 0.15) is 0 Å². The van der Waals surface area contributed by atoms with Gasteiger partial charge < -0.3 is 49.3 Å². The summed E-state index contributed by atoms with van der Waals surface area (Å²) in [6.45, 7) is 0. The Morgan fingerprint density at radius 3 is 0.294 bits per heavy atom. The minimum absolute atomic E-state index is 0. The van der Waals surface area contributed by atoms with Crippen molar-refractivity contribution in [3.63, 3.8) is 0 Å². The SMILES string of the molecule is [Co+2].[Co+2].[La+3].[La+3].[Ni+2].[Ni+2].[O-2].[O-2].[O-2].[O-2].[O-2].[O-2].[O-2].[O-2].[O-2].[Sr+2].[Sr+2]. The molecular formula is Co2La2Ni2O9Sr2. The van der Waals surface area contributed by atoms with Gasteiger partial charge in [0.15, 0.2) is 0 Å². The fourth-order valence-corrected chi connectivity index (χ4v) is 0. The molecule has 0 fully saturated rings. The molecule has 0 heterocycles. The molecule has 0 amide bonds. The normalized spacial score (nSPS) is 0. The molecule has 17 heteroatoms. The number of hydrogen-bond donors (Lipinski definition) is 0. The fraction of sp³-hybridized carbons (Fsp3) is 0. The van der Waals surface area contributed by atoms with E-state index in [-0.39, 0.29) is 278 Å². The predicted molar refractivity (Wildman–Crippen MR) is 17.7 cm³/mol. The Hall–Kier alpha value is 6.99. The molecule has 0 saturated heterocycles. The van der Waals surface area contributed by atoms with Gasteiger partial charge in [-0.05, 0) is 0 Å². The van der Waals surface area contributed by atoms with Gasteiger partial charge >= 0.3 is 229 Å². The number of hydrogen-bond acceptors (Lipinski definition) is 0. The van der Waals surface area contributed by atoms with E-state index in [0.717, 1.165) is 0 Å². The molecular weight excluding hydrogens is 832 g/mol. The van der Waals surface area contributed by atoms with Gasteiger partial charge in [-0.25, -0.2) is 0 Å². The average Bonchev–Trinajstić information content (AvgIpc) is 0. The molecule has 0 aliphatic rings. The Morgan fingerprint density at radius 1 is 0.294 bits per heavy atom. The summed E-state index contributed by atoms with van der Waals surface area (Å²) >= 11 is 0. The second kappa shape index (κ2) is 228. The fourth-order valence-electron chi connectivity index (χ4n) is 0. The zero-order valence-electron chi connectivity index (χ0n) is 7.54. The Kier molecular flexibility index (Phi) is 3470. The van der Waals surface area contributed by atoms with Crippen molar-refractivity contribution < 1.29 is 187 Å². The third-order valence-corrected chi connectivity index (χ3v) is 0. The topological polar surface area (TPSA) is 256 Å². The Bertz CT molecular complexity index is 33.0. The van der Waals surface area contributed by atoms with Crippen molar-refractivity contribution in [2.75, 3.05) is 0 Å². The van der Waals surface area contributed by atoms with Crippen molar-refractivity contribution in [2.45, 2.75) is 0 Å². The summed E-state index contributed by atoms with van der Waals surface area (Å²) in [5.74, 6) is 0. The first kappa shape index (κ1) is 259. The Labute approximate surface area is 270 Å². The van der Waals surface area contributed by atoms with Crippen molar-refractivity contribution in [2.24, 2.45) is 0 Å². The molecule has 0 aromatic heterocycles. The molecule has 0 aliphatic carbocycles. The van der Waals surface area contributed by atoms with Crippen molar-refractivity contribution in [3.8, 4) is 0 Å². The average molecular weight is 832 g/mol. The van der Waals surface area contributed by atoms with E-state index in [1.807, 2.05) is 0 Å². The molecule has 0 saturated carbocycles. The Balaban J connectivity index is 0. The van der Waals surface area contributed by atoms with Crippen LogP contribution in [0, 0.1) is 71.2 Å². The molecule has 0 bridgehead atoms. The molecule has 17 heavy (non-hydrogen) atoms. The zero-order valence-corrected chi connectivity index (χ0v) is 25.8. The molecule has 9 nitrogen and oxygen atoms in total. The standard InChI is InChI=1S/2Co.2La.2Ni.9O.2Sr/q2*+2;2*+3;2*+2;9*-2;2*+2. The van der Waals surface area contributed by atoms with Crippen molar-refractivity contribution >= 4 is 91.0 Å². The second-order valence-corrected chi connectivity index (χ2v) is 0. The minimum atomic E-state index is 0. The van der Waals surface area contributed by atoms with E-state index in [2.05, 4.69) is 0 Å². The van der Waals surface area contributed by atoms with Crippen molar-refractivity contribution in [1.29, 1.82) is 0 Å². The molecule has 0 N–H and O–H groups in total. The quantitative estimate of drug-likeness (QED) is 0.244. The number of rotatable bonds is 0. The van der Waals surface area contributed by atoms with Crippen LogP contribution in [0.2, 0.25) is 0 Å². The molecule has 0 spiro atoms. The van der Waals surface area contributed by atoms with E-state index < -0.39 is 0 Å². The summed E-state index contributed by atoms with van der Waals surface area (Å²) in [5, 5.41) is 0. The van der Waals surface area contributed by atoms with E-state index in [1.165, 1.54) is 0 Å². The first-order valence-corrected chi connectivity index (χ1v) is 0. The molecule has 0 rings (SSSR count). The third-order valence-electron chi connectivity index (χ3n) is 0. The van der Waals surface area contributed by atoms with Gasteiger partial charge in [-0.3, -0.25) is 0 Å². The first-order valence-electron chi connectivity index (χ1n) is 0. The van der Waals surface area contributed by atoms with Gasteiger partial charge in [-0.2, -0.15) is 0 Å². The zero-order chi connectivity index (χ0) is 0. The van der Waals surface area contributed by atoms with Gasteiger partial charge in [0.25, 0.3) is 0 Å². The van der Waals surface area contributed by atoms with E-state index in [1.54, 1.807) is 0 Å². The van der Waals surface area contributed by atoms with Crippen molar-refractivity contribution in [1.82, 2.24) is 0 Å². The van der Waals surface area contributed by atoms with Gasteiger partial charge in [-0.15, -0.1) is 0 Å². The monoisotopic (exact) mass is 831 g/mol. The van der Waals surface area contributed by atoms with Crippen LogP contribution in [0.3, 0.4) is 0 Å². The first-order chi connectivity index (χ1) is 0. The predicted octanol–water partition coefficient (Wildman–Crippen LogP) is -1.84. The van der Waals surface area contributed by atoms with Crippen LogP contribution < -0.4 is 0 Å². The molecule has 0 unspecified atom stereocenters. The van der Waals surface area contributed by atoms with Crippen LogP contribution in [0.4, 0.5) is 0 Å². The van der Waals surface area contributed by atoms with Crippen LogP contribution in [0.15, 0.2) is 0 Å². The molecule has 0 aromatic carbocycles. The Morgan fingerprint density at radius 2 is 0.294 bits per heavy atom. The second-order valence-electron chi connectivity index (χ2n) is 0. The summed E-state index contributed by atoms with van der Waals surface area (Å²) in [5.41, 5.74) is 0. The van der Waals surface area contributed by atoms with Crippen LogP contribution in [-0.4, -0.2) is 91.0 Å². The van der Waals surface area contributed by atoms with Crippen LogP contribution in [0.5, 0.6) is 0 Å². The van der Waals surface area contributed by atoms with Crippen LogP contribution >= 0.6 is 0 Å². The van der Waals surface area contributed by atoms with Crippen molar-refractivity contribution in [3.05, 3.63) is 0 Å². The minimum Gasteiger partial charge on any atom is -2.00 e. The van der Waals surface area contributed by atoms with Gasteiger partial charge in [0.2, 0.25) is 0 Å². The van der Waals surface area contributed by atoms with E-state index in [4.69, 9.17) is 0 Å². The maximum absolute atomic E-state index is 0. The molecule has 0 atom stereocenters. The maximum Gasteiger partial charge on any atom is 3.00 e. The summed E-state index contributed by atoms with van der Waals surface area (Å²) in [6, 6.07) is 0. The van der Waals surface area contributed by atoms with Crippen LogP contribution in [0.25, 0.3) is 0 Å². The van der Waals surface area contributed by atoms with Crippen LogP contribution in [-0.2, 0) is 116 Å². The van der Waals surface area contributed by atoms with E-state index in [0.29, 0.717) is 0 Å². The van der Waals surface area contributed by atoms with Gasteiger partial charge in [0, 0.05) is 0 Å².